The first kappa shape index (κ1) is 21.8. The zero-order valence-corrected chi connectivity index (χ0v) is 18.2. The van der Waals surface area contributed by atoms with Crippen LogP contribution in [-0.2, 0) is 6.54 Å². The van der Waals surface area contributed by atoms with Gasteiger partial charge in [-0.25, -0.2) is 4.79 Å². The molecule has 0 atom stereocenters. The van der Waals surface area contributed by atoms with Gasteiger partial charge in [-0.3, -0.25) is 9.59 Å². The molecule has 0 N–H and O–H groups in total. The summed E-state index contributed by atoms with van der Waals surface area (Å²) in [6.45, 7) is 2.18. The van der Waals surface area contributed by atoms with Crippen molar-refractivity contribution in [2.45, 2.75) is 13.5 Å². The predicted octanol–water partition coefficient (Wildman–Crippen LogP) is 4.29. The standard InChI is InChI=1S/C26H22N2O5/c1-18-6-8-19(9-7-18)25(30)27(2)20-10-12-21(13-11-20)33-26(31)23-15-14-22(32-23)17-28-16-4-3-5-24(28)29/h3-16H,17H2,1-2H3. The molecule has 0 aliphatic rings. The van der Waals surface area contributed by atoms with Crippen LogP contribution in [0.1, 0.15) is 32.2 Å². The number of nitrogens with zero attached hydrogens (tertiary/aromatic N) is 2. The van der Waals surface area contributed by atoms with Crippen LogP contribution in [0.25, 0.3) is 0 Å². The van der Waals surface area contributed by atoms with E-state index in [9.17, 15) is 14.4 Å². The number of esters is 1. The maximum absolute atomic E-state index is 12.7. The molecule has 0 aliphatic carbocycles. The number of furan rings is 1. The lowest BCUT2D eigenvalue weighted by atomic mass is 10.1. The van der Waals surface area contributed by atoms with Gasteiger partial charge in [-0.15, -0.1) is 0 Å². The molecule has 0 saturated heterocycles. The number of carbonyl (C=O) groups is 2. The Kier molecular flexibility index (Phi) is 6.22. The lowest BCUT2D eigenvalue weighted by Gasteiger charge is -2.18. The molecule has 7 nitrogen and oxygen atoms in total. The maximum atomic E-state index is 12.7. The molecule has 4 aromatic rings. The molecule has 166 valence electrons. The van der Waals surface area contributed by atoms with Crippen molar-refractivity contribution in [1.29, 1.82) is 0 Å². The van der Waals surface area contributed by atoms with E-state index in [-0.39, 0.29) is 23.8 Å². The molecule has 0 radical (unpaired) electrons. The highest BCUT2D eigenvalue weighted by molar-refractivity contribution is 6.05. The van der Waals surface area contributed by atoms with Gasteiger partial charge in [-0.2, -0.15) is 0 Å². The third-order valence-corrected chi connectivity index (χ3v) is 5.13. The lowest BCUT2D eigenvalue weighted by Crippen LogP contribution is -2.26. The Hall–Kier alpha value is -4.39. The van der Waals surface area contributed by atoms with Crippen LogP contribution < -0.4 is 15.2 Å². The smallest absolute Gasteiger partial charge is 0.379 e. The first-order chi connectivity index (χ1) is 15.9. The van der Waals surface area contributed by atoms with E-state index in [2.05, 4.69) is 0 Å². The van der Waals surface area contributed by atoms with Crippen LogP contribution in [0, 0.1) is 6.92 Å². The third kappa shape index (κ3) is 5.10. The topological polar surface area (TPSA) is 81.8 Å². The van der Waals surface area contributed by atoms with Gasteiger partial charge in [-0.05, 0) is 61.5 Å². The molecule has 0 spiro atoms. The van der Waals surface area contributed by atoms with Crippen molar-refractivity contribution in [2.24, 2.45) is 0 Å². The van der Waals surface area contributed by atoms with E-state index in [4.69, 9.17) is 9.15 Å². The maximum Gasteiger partial charge on any atom is 0.379 e. The van der Waals surface area contributed by atoms with Crippen molar-refractivity contribution in [2.75, 3.05) is 11.9 Å². The summed E-state index contributed by atoms with van der Waals surface area (Å²) < 4.78 is 12.4. The number of anilines is 1. The summed E-state index contributed by atoms with van der Waals surface area (Å²) in [5, 5.41) is 0. The second kappa shape index (κ2) is 9.40. The summed E-state index contributed by atoms with van der Waals surface area (Å²) >= 11 is 0. The molecule has 0 unspecified atom stereocenters. The van der Waals surface area contributed by atoms with Gasteiger partial charge >= 0.3 is 5.97 Å². The van der Waals surface area contributed by atoms with Gasteiger partial charge in [0.15, 0.2) is 0 Å². The second-order valence-corrected chi connectivity index (χ2v) is 7.55. The monoisotopic (exact) mass is 442 g/mol. The number of carbonyl (C=O) groups excluding carboxylic acids is 2. The average molecular weight is 442 g/mol. The summed E-state index contributed by atoms with van der Waals surface area (Å²) in [6, 6.07) is 22.0. The van der Waals surface area contributed by atoms with Crippen LogP contribution in [0.15, 0.2) is 94.3 Å². The predicted molar refractivity (Wildman–Crippen MR) is 124 cm³/mol. The summed E-state index contributed by atoms with van der Waals surface area (Å²) in [5.41, 5.74) is 2.17. The van der Waals surface area contributed by atoms with Crippen molar-refractivity contribution < 1.29 is 18.7 Å². The molecule has 0 bridgehead atoms. The Bertz CT molecular complexity index is 1330. The Labute approximate surface area is 190 Å². The Morgan fingerprint density at radius 3 is 2.36 bits per heavy atom. The molecule has 1 amide bonds. The molecule has 0 aliphatic heterocycles. The highest BCUT2D eigenvalue weighted by atomic mass is 16.5. The van der Waals surface area contributed by atoms with E-state index >= 15 is 0 Å². The quantitative estimate of drug-likeness (QED) is 0.329. The lowest BCUT2D eigenvalue weighted by molar-refractivity contribution is 0.0699. The number of aromatic nitrogens is 1. The van der Waals surface area contributed by atoms with Crippen LogP contribution >= 0.6 is 0 Å². The van der Waals surface area contributed by atoms with Gasteiger partial charge in [0.1, 0.15) is 11.5 Å². The number of rotatable bonds is 6. The summed E-state index contributed by atoms with van der Waals surface area (Å²) in [6.07, 6.45) is 1.64. The molecular weight excluding hydrogens is 420 g/mol. The number of amides is 1. The van der Waals surface area contributed by atoms with E-state index in [1.807, 2.05) is 19.1 Å². The molecule has 0 fully saturated rings. The largest absolute Gasteiger partial charge is 0.452 e. The van der Waals surface area contributed by atoms with Crippen molar-refractivity contribution >= 4 is 17.6 Å². The van der Waals surface area contributed by atoms with E-state index in [1.54, 1.807) is 67.8 Å². The number of aryl methyl sites for hydroxylation is 1. The molecule has 2 heterocycles. The van der Waals surface area contributed by atoms with Crippen molar-refractivity contribution in [1.82, 2.24) is 4.57 Å². The number of pyridine rings is 1. The van der Waals surface area contributed by atoms with E-state index in [1.165, 1.54) is 21.6 Å². The van der Waals surface area contributed by atoms with E-state index in [0.29, 0.717) is 22.8 Å². The van der Waals surface area contributed by atoms with E-state index in [0.717, 1.165) is 5.56 Å². The van der Waals surface area contributed by atoms with Crippen LogP contribution in [0.2, 0.25) is 0 Å². The molecule has 7 heteroatoms. The third-order valence-electron chi connectivity index (χ3n) is 5.13. The van der Waals surface area contributed by atoms with Gasteiger partial charge < -0.3 is 18.6 Å². The minimum Gasteiger partial charge on any atom is -0.452 e. The first-order valence-electron chi connectivity index (χ1n) is 10.3. The summed E-state index contributed by atoms with van der Waals surface area (Å²) in [4.78, 5) is 38.5. The summed E-state index contributed by atoms with van der Waals surface area (Å²) in [5.74, 6) is 0.0163. The summed E-state index contributed by atoms with van der Waals surface area (Å²) in [7, 11) is 1.69. The van der Waals surface area contributed by atoms with Crippen LogP contribution in [0.5, 0.6) is 5.75 Å². The Morgan fingerprint density at radius 1 is 0.939 bits per heavy atom. The van der Waals surface area contributed by atoms with Gasteiger partial charge in [0.05, 0.1) is 6.54 Å². The molecule has 2 aromatic carbocycles. The fourth-order valence-corrected chi connectivity index (χ4v) is 3.23. The van der Waals surface area contributed by atoms with Crippen molar-refractivity contribution in [3.8, 4) is 5.75 Å². The van der Waals surface area contributed by atoms with Crippen molar-refractivity contribution in [3.05, 3.63) is 118 Å². The van der Waals surface area contributed by atoms with Crippen LogP contribution in [0.3, 0.4) is 0 Å². The number of ether oxygens (including phenoxy) is 1. The number of hydrogen-bond donors (Lipinski definition) is 0. The van der Waals surface area contributed by atoms with Crippen molar-refractivity contribution in [3.63, 3.8) is 0 Å². The first-order valence-corrected chi connectivity index (χ1v) is 10.3. The molecule has 33 heavy (non-hydrogen) atoms. The Balaban J connectivity index is 1.39. The van der Waals surface area contributed by atoms with Gasteiger partial charge in [-0.1, -0.05) is 23.8 Å². The Morgan fingerprint density at radius 2 is 1.67 bits per heavy atom. The number of hydrogen-bond acceptors (Lipinski definition) is 5. The van der Waals surface area contributed by atoms with Crippen LogP contribution in [0.4, 0.5) is 5.69 Å². The minimum absolute atomic E-state index is 0.0322. The molecule has 0 saturated carbocycles. The molecule has 4 rings (SSSR count). The van der Waals surface area contributed by atoms with Crippen LogP contribution in [-0.4, -0.2) is 23.5 Å². The molecular formula is C26H22N2O5. The van der Waals surface area contributed by atoms with Gasteiger partial charge in [0.2, 0.25) is 5.76 Å². The highest BCUT2D eigenvalue weighted by Gasteiger charge is 2.16. The van der Waals surface area contributed by atoms with Gasteiger partial charge in [0.25, 0.3) is 11.5 Å². The minimum atomic E-state index is -0.654. The SMILES string of the molecule is Cc1ccc(C(=O)N(C)c2ccc(OC(=O)c3ccc(Cn4ccccc4=O)o3)cc2)cc1. The second-order valence-electron chi connectivity index (χ2n) is 7.55. The fourth-order valence-electron chi connectivity index (χ4n) is 3.23. The van der Waals surface area contributed by atoms with Gasteiger partial charge in [0, 0.05) is 30.6 Å². The zero-order chi connectivity index (χ0) is 23.4. The zero-order valence-electron chi connectivity index (χ0n) is 18.2. The number of benzene rings is 2. The fraction of sp³-hybridized carbons (Fsp3) is 0.115. The average Bonchev–Trinajstić information content (AvgIpc) is 3.29. The van der Waals surface area contributed by atoms with E-state index < -0.39 is 5.97 Å². The normalized spacial score (nSPS) is 10.6. The highest BCUT2D eigenvalue weighted by Crippen LogP contribution is 2.21. The molecule has 2 aromatic heterocycles.